The van der Waals surface area contributed by atoms with Crippen LogP contribution < -0.4 is 4.74 Å². The molecule has 4 rings (SSSR count). The van der Waals surface area contributed by atoms with Crippen molar-refractivity contribution in [3.05, 3.63) is 42.0 Å². The number of piperidine rings is 1. The topological polar surface area (TPSA) is 59.0 Å². The Kier molecular flexibility index (Phi) is 7.69. The molecule has 0 bridgehead atoms. The van der Waals surface area contributed by atoms with E-state index < -0.39 is 5.97 Å². The lowest BCUT2D eigenvalue weighted by molar-refractivity contribution is -0.143. The maximum Gasteiger partial charge on any atom is 0.306 e. The average molecular weight is 440 g/mol. The zero-order valence-corrected chi connectivity index (χ0v) is 19.5. The minimum Gasteiger partial charge on any atom is -0.490 e. The van der Waals surface area contributed by atoms with Gasteiger partial charge in [-0.15, -0.1) is 0 Å². The Hall–Kier alpha value is -2.11. The first kappa shape index (κ1) is 23.1. The highest BCUT2D eigenvalue weighted by atomic mass is 16.5. The maximum absolute atomic E-state index is 11.3. The van der Waals surface area contributed by atoms with Crippen molar-refractivity contribution in [2.75, 3.05) is 26.8 Å². The van der Waals surface area contributed by atoms with E-state index in [0.717, 1.165) is 57.6 Å². The van der Waals surface area contributed by atoms with E-state index in [1.807, 2.05) is 0 Å². The van der Waals surface area contributed by atoms with Crippen LogP contribution in [0.15, 0.2) is 36.4 Å². The molecule has 1 heterocycles. The number of fused-ring (bicyclic) bond motifs is 1. The van der Waals surface area contributed by atoms with Crippen LogP contribution in [0.1, 0.15) is 63.5 Å². The van der Waals surface area contributed by atoms with Crippen molar-refractivity contribution >= 4 is 16.7 Å². The molecule has 1 aliphatic carbocycles. The second-order valence-corrected chi connectivity index (χ2v) is 9.56. The second kappa shape index (κ2) is 10.7. The first-order chi connectivity index (χ1) is 15.6. The van der Waals surface area contributed by atoms with E-state index in [2.05, 4.69) is 48.2 Å². The van der Waals surface area contributed by atoms with Gasteiger partial charge < -0.3 is 14.6 Å². The molecule has 0 spiro atoms. The fraction of sp³-hybridized carbons (Fsp3) is 0.593. The molecule has 1 aliphatic heterocycles. The monoisotopic (exact) mass is 439 g/mol. The third-order valence-electron chi connectivity index (χ3n) is 7.43. The van der Waals surface area contributed by atoms with Crippen molar-refractivity contribution in [1.82, 2.24) is 4.90 Å². The Morgan fingerprint density at radius 3 is 2.38 bits per heavy atom. The Labute approximate surface area is 191 Å². The van der Waals surface area contributed by atoms with Gasteiger partial charge in [-0.2, -0.15) is 0 Å². The number of hydrogen-bond donors (Lipinski definition) is 1. The molecular weight excluding hydrogens is 402 g/mol. The number of rotatable bonds is 8. The van der Waals surface area contributed by atoms with Crippen LogP contribution in [-0.2, 0) is 9.53 Å². The number of carboxylic acids is 1. The minimum absolute atomic E-state index is 0.186. The van der Waals surface area contributed by atoms with Crippen molar-refractivity contribution < 1.29 is 19.4 Å². The molecule has 0 aromatic heterocycles. The van der Waals surface area contributed by atoms with E-state index in [1.165, 1.54) is 29.2 Å². The number of carboxylic acid groups (broad SMARTS) is 1. The molecule has 1 saturated carbocycles. The molecule has 0 radical (unpaired) electrons. The average Bonchev–Trinajstić information content (AvgIpc) is 2.81. The predicted octanol–water partition coefficient (Wildman–Crippen LogP) is 5.67. The lowest BCUT2D eigenvalue weighted by Crippen LogP contribution is -2.38. The number of hydrogen-bond acceptors (Lipinski definition) is 4. The van der Waals surface area contributed by atoms with Gasteiger partial charge in [0.05, 0.1) is 12.0 Å². The molecule has 0 amide bonds. The van der Waals surface area contributed by atoms with Gasteiger partial charge in [0.1, 0.15) is 5.75 Å². The van der Waals surface area contributed by atoms with E-state index in [1.54, 1.807) is 7.11 Å². The van der Waals surface area contributed by atoms with Crippen LogP contribution in [-0.4, -0.2) is 48.9 Å². The van der Waals surface area contributed by atoms with Gasteiger partial charge in [0, 0.05) is 19.8 Å². The van der Waals surface area contributed by atoms with E-state index in [4.69, 9.17) is 9.47 Å². The summed E-state index contributed by atoms with van der Waals surface area (Å²) in [7, 11) is 1.78. The van der Waals surface area contributed by atoms with Gasteiger partial charge >= 0.3 is 5.97 Å². The third kappa shape index (κ3) is 5.44. The molecule has 5 nitrogen and oxygen atoms in total. The van der Waals surface area contributed by atoms with Crippen LogP contribution in [0.5, 0.6) is 5.75 Å². The van der Waals surface area contributed by atoms with Gasteiger partial charge in [-0.3, -0.25) is 9.69 Å². The summed E-state index contributed by atoms with van der Waals surface area (Å²) in [5.41, 5.74) is 1.32. The first-order valence-corrected chi connectivity index (χ1v) is 12.2. The molecule has 2 fully saturated rings. The number of carbonyl (C=O) groups is 1. The van der Waals surface area contributed by atoms with Crippen molar-refractivity contribution in [2.45, 2.75) is 64.0 Å². The number of ether oxygens (including phenoxy) is 2. The molecule has 5 heteroatoms. The minimum atomic E-state index is -0.649. The molecule has 2 aromatic carbocycles. The lowest BCUT2D eigenvalue weighted by Gasteiger charge is -2.36. The lowest BCUT2D eigenvalue weighted by atomic mass is 9.88. The number of methoxy groups -OCH3 is 1. The number of likely N-dealkylation sites (tertiary alicyclic amines) is 1. The standard InChI is InChI=1S/C27H37NO4/c1-3-26(28-14-12-20(13-15-28)27(29)30)23-7-6-22-17-25(11-8-21(22)16-23)32-24-9-4-19(5-10-24)18-31-2/h6-8,11,16-17,19-20,24,26H,3-5,9-10,12-15,18H2,1-2H3,(H,29,30). The summed E-state index contributed by atoms with van der Waals surface area (Å²) < 4.78 is 11.6. The van der Waals surface area contributed by atoms with Crippen molar-refractivity contribution in [2.24, 2.45) is 11.8 Å². The van der Waals surface area contributed by atoms with E-state index >= 15 is 0 Å². The van der Waals surface area contributed by atoms with Gasteiger partial charge in [0.25, 0.3) is 0 Å². The highest BCUT2D eigenvalue weighted by molar-refractivity contribution is 5.84. The van der Waals surface area contributed by atoms with Crippen LogP contribution in [0.4, 0.5) is 0 Å². The number of nitrogens with zero attached hydrogens (tertiary/aromatic N) is 1. The second-order valence-electron chi connectivity index (χ2n) is 9.56. The molecule has 2 aliphatic rings. The van der Waals surface area contributed by atoms with Gasteiger partial charge in [-0.05, 0) is 98.5 Å². The quantitative estimate of drug-likeness (QED) is 0.574. The molecule has 1 saturated heterocycles. The summed E-state index contributed by atoms with van der Waals surface area (Å²) in [4.78, 5) is 13.7. The zero-order valence-electron chi connectivity index (χ0n) is 19.5. The first-order valence-electron chi connectivity index (χ1n) is 12.2. The van der Waals surface area contributed by atoms with Crippen LogP contribution >= 0.6 is 0 Å². The van der Waals surface area contributed by atoms with Gasteiger partial charge in [-0.25, -0.2) is 0 Å². The largest absolute Gasteiger partial charge is 0.490 e. The van der Waals surface area contributed by atoms with Gasteiger partial charge in [0.2, 0.25) is 0 Å². The van der Waals surface area contributed by atoms with Crippen LogP contribution in [0.25, 0.3) is 10.8 Å². The molecular formula is C27H37NO4. The van der Waals surface area contributed by atoms with E-state index in [0.29, 0.717) is 18.1 Å². The van der Waals surface area contributed by atoms with Crippen LogP contribution in [0.3, 0.4) is 0 Å². The van der Waals surface area contributed by atoms with E-state index in [-0.39, 0.29) is 5.92 Å². The van der Waals surface area contributed by atoms with E-state index in [9.17, 15) is 9.90 Å². The summed E-state index contributed by atoms with van der Waals surface area (Å²) in [5.74, 6) is 0.804. The van der Waals surface area contributed by atoms with Crippen molar-refractivity contribution in [3.63, 3.8) is 0 Å². The number of aliphatic carboxylic acids is 1. The summed E-state index contributed by atoms with van der Waals surface area (Å²) in [6.07, 6.45) is 7.37. The Balaban J connectivity index is 1.40. The van der Waals surface area contributed by atoms with Crippen molar-refractivity contribution in [3.8, 4) is 5.75 Å². The van der Waals surface area contributed by atoms with Crippen LogP contribution in [0, 0.1) is 11.8 Å². The SMILES string of the molecule is CCC(c1ccc2cc(OC3CCC(COC)CC3)ccc2c1)N1CCC(C(=O)O)CC1. The summed E-state index contributed by atoms with van der Waals surface area (Å²) >= 11 is 0. The molecule has 32 heavy (non-hydrogen) atoms. The smallest absolute Gasteiger partial charge is 0.306 e. The zero-order chi connectivity index (χ0) is 22.5. The fourth-order valence-corrected chi connectivity index (χ4v) is 5.53. The molecule has 1 atom stereocenters. The molecule has 1 unspecified atom stereocenters. The predicted molar refractivity (Wildman–Crippen MR) is 127 cm³/mol. The molecule has 2 aromatic rings. The Bertz CT molecular complexity index is 898. The molecule has 174 valence electrons. The summed E-state index contributed by atoms with van der Waals surface area (Å²) in [6, 6.07) is 13.5. The molecule has 1 N–H and O–H groups in total. The van der Waals surface area contributed by atoms with Gasteiger partial charge in [0.15, 0.2) is 0 Å². The third-order valence-corrected chi connectivity index (χ3v) is 7.43. The summed E-state index contributed by atoms with van der Waals surface area (Å²) in [6.45, 7) is 4.79. The Morgan fingerprint density at radius 2 is 1.72 bits per heavy atom. The number of benzene rings is 2. The normalized spacial score (nSPS) is 23.8. The Morgan fingerprint density at radius 1 is 1.03 bits per heavy atom. The fourth-order valence-electron chi connectivity index (χ4n) is 5.53. The highest BCUT2D eigenvalue weighted by Gasteiger charge is 2.28. The summed E-state index contributed by atoms with van der Waals surface area (Å²) in [5, 5.41) is 11.7. The maximum atomic E-state index is 11.3. The van der Waals surface area contributed by atoms with Gasteiger partial charge in [-0.1, -0.05) is 25.1 Å². The van der Waals surface area contributed by atoms with Crippen molar-refractivity contribution in [1.29, 1.82) is 0 Å². The van der Waals surface area contributed by atoms with Crippen LogP contribution in [0.2, 0.25) is 0 Å². The highest BCUT2D eigenvalue weighted by Crippen LogP contribution is 2.33.